The highest BCUT2D eigenvalue weighted by molar-refractivity contribution is 5.94. The summed E-state index contributed by atoms with van der Waals surface area (Å²) in [5.41, 5.74) is 4.56. The highest BCUT2D eigenvalue weighted by Crippen LogP contribution is 2.30. The molecule has 1 aliphatic heterocycles. The molecule has 4 rings (SSSR count). The molecule has 25 heavy (non-hydrogen) atoms. The SMILES string of the molecule is Cn1nc(-c2ccc(F)cc2)c2c1CCN(C(=O)c1ccccc1)C2. The van der Waals surface area contributed by atoms with Crippen molar-refractivity contribution in [3.63, 3.8) is 0 Å². The molecule has 1 aromatic heterocycles. The van der Waals surface area contributed by atoms with Crippen molar-refractivity contribution in [2.24, 2.45) is 7.05 Å². The van der Waals surface area contributed by atoms with Crippen LogP contribution in [0.4, 0.5) is 4.39 Å². The van der Waals surface area contributed by atoms with Gasteiger partial charge in [-0.05, 0) is 36.4 Å². The number of hydrogen-bond acceptors (Lipinski definition) is 2. The smallest absolute Gasteiger partial charge is 0.254 e. The number of amides is 1. The molecule has 0 fully saturated rings. The molecule has 2 heterocycles. The van der Waals surface area contributed by atoms with Gasteiger partial charge in [0.05, 0.1) is 5.69 Å². The number of rotatable bonds is 2. The molecule has 0 aliphatic carbocycles. The lowest BCUT2D eigenvalue weighted by Gasteiger charge is -2.28. The van der Waals surface area contributed by atoms with Gasteiger partial charge in [0, 0.05) is 48.9 Å². The zero-order chi connectivity index (χ0) is 17.4. The average molecular weight is 335 g/mol. The van der Waals surface area contributed by atoms with E-state index in [1.807, 2.05) is 47.0 Å². The fraction of sp³-hybridized carbons (Fsp3) is 0.200. The third-order valence-corrected chi connectivity index (χ3v) is 4.67. The third-order valence-electron chi connectivity index (χ3n) is 4.67. The molecule has 4 nitrogen and oxygen atoms in total. The topological polar surface area (TPSA) is 38.1 Å². The second-order valence-electron chi connectivity index (χ2n) is 6.25. The first-order valence-corrected chi connectivity index (χ1v) is 8.28. The van der Waals surface area contributed by atoms with E-state index in [9.17, 15) is 9.18 Å². The van der Waals surface area contributed by atoms with Crippen LogP contribution in [-0.2, 0) is 20.0 Å². The van der Waals surface area contributed by atoms with Crippen LogP contribution >= 0.6 is 0 Å². The van der Waals surface area contributed by atoms with E-state index < -0.39 is 0 Å². The first-order valence-electron chi connectivity index (χ1n) is 8.28. The van der Waals surface area contributed by atoms with Crippen molar-refractivity contribution < 1.29 is 9.18 Å². The van der Waals surface area contributed by atoms with Crippen LogP contribution in [0.3, 0.4) is 0 Å². The van der Waals surface area contributed by atoms with Gasteiger partial charge in [-0.1, -0.05) is 18.2 Å². The first-order chi connectivity index (χ1) is 12.1. The predicted octanol–water partition coefficient (Wildman–Crippen LogP) is 3.42. The number of aromatic nitrogens is 2. The largest absolute Gasteiger partial charge is 0.334 e. The number of benzene rings is 2. The Kier molecular flexibility index (Phi) is 3.84. The van der Waals surface area contributed by atoms with E-state index in [2.05, 4.69) is 5.10 Å². The Morgan fingerprint density at radius 2 is 1.80 bits per heavy atom. The van der Waals surface area contributed by atoms with Crippen LogP contribution in [0.5, 0.6) is 0 Å². The van der Waals surface area contributed by atoms with Crippen molar-refractivity contribution in [3.05, 3.63) is 77.2 Å². The van der Waals surface area contributed by atoms with Crippen molar-refractivity contribution in [2.75, 3.05) is 6.54 Å². The van der Waals surface area contributed by atoms with Crippen LogP contribution in [0, 0.1) is 5.82 Å². The minimum Gasteiger partial charge on any atom is -0.334 e. The molecule has 0 atom stereocenters. The number of nitrogens with zero attached hydrogens (tertiary/aromatic N) is 3. The van der Waals surface area contributed by atoms with E-state index >= 15 is 0 Å². The van der Waals surface area contributed by atoms with Crippen LogP contribution in [0.2, 0.25) is 0 Å². The van der Waals surface area contributed by atoms with Crippen LogP contribution in [0.15, 0.2) is 54.6 Å². The van der Waals surface area contributed by atoms with E-state index in [0.717, 1.165) is 28.9 Å². The molecule has 2 aromatic carbocycles. The molecule has 0 saturated carbocycles. The number of aryl methyl sites for hydroxylation is 1. The summed E-state index contributed by atoms with van der Waals surface area (Å²) in [6.45, 7) is 1.19. The number of carbonyl (C=O) groups is 1. The van der Waals surface area contributed by atoms with E-state index in [-0.39, 0.29) is 11.7 Å². The summed E-state index contributed by atoms with van der Waals surface area (Å²) in [4.78, 5) is 14.6. The number of fused-ring (bicyclic) bond motifs is 1. The van der Waals surface area contributed by atoms with Crippen molar-refractivity contribution in [3.8, 4) is 11.3 Å². The summed E-state index contributed by atoms with van der Waals surface area (Å²) >= 11 is 0. The van der Waals surface area contributed by atoms with Crippen molar-refractivity contribution >= 4 is 5.91 Å². The third kappa shape index (κ3) is 2.82. The molecule has 0 saturated heterocycles. The Hall–Kier alpha value is -2.95. The van der Waals surface area contributed by atoms with Gasteiger partial charge in [-0.3, -0.25) is 9.48 Å². The second kappa shape index (κ2) is 6.16. The lowest BCUT2D eigenvalue weighted by molar-refractivity contribution is 0.0733. The van der Waals surface area contributed by atoms with Gasteiger partial charge in [-0.25, -0.2) is 4.39 Å². The fourth-order valence-electron chi connectivity index (χ4n) is 3.37. The highest BCUT2D eigenvalue weighted by Gasteiger charge is 2.27. The Balaban J connectivity index is 1.68. The molecule has 0 unspecified atom stereocenters. The quantitative estimate of drug-likeness (QED) is 0.720. The van der Waals surface area contributed by atoms with E-state index in [1.165, 1.54) is 12.1 Å². The van der Waals surface area contributed by atoms with Gasteiger partial charge in [-0.2, -0.15) is 5.10 Å². The summed E-state index contributed by atoms with van der Waals surface area (Å²) in [5.74, 6) is -0.241. The Bertz CT molecular complexity index is 916. The molecular formula is C20H18FN3O. The Morgan fingerprint density at radius 3 is 2.52 bits per heavy atom. The minimum absolute atomic E-state index is 0.0279. The molecule has 3 aromatic rings. The Labute approximate surface area is 145 Å². The van der Waals surface area contributed by atoms with E-state index in [4.69, 9.17) is 0 Å². The molecule has 0 radical (unpaired) electrons. The van der Waals surface area contributed by atoms with E-state index in [1.54, 1.807) is 12.1 Å². The Morgan fingerprint density at radius 1 is 1.08 bits per heavy atom. The first kappa shape index (κ1) is 15.6. The minimum atomic E-state index is -0.269. The highest BCUT2D eigenvalue weighted by atomic mass is 19.1. The zero-order valence-electron chi connectivity index (χ0n) is 13.9. The molecule has 1 amide bonds. The maximum Gasteiger partial charge on any atom is 0.254 e. The normalized spacial score (nSPS) is 13.6. The van der Waals surface area contributed by atoms with Gasteiger partial charge < -0.3 is 4.90 Å². The number of carbonyl (C=O) groups excluding carboxylic acids is 1. The zero-order valence-corrected chi connectivity index (χ0v) is 13.9. The number of hydrogen-bond donors (Lipinski definition) is 0. The molecule has 0 bridgehead atoms. The lowest BCUT2D eigenvalue weighted by atomic mass is 10.00. The monoisotopic (exact) mass is 335 g/mol. The second-order valence-corrected chi connectivity index (χ2v) is 6.25. The van der Waals surface area contributed by atoms with Crippen LogP contribution in [0.1, 0.15) is 21.6 Å². The molecule has 126 valence electrons. The fourth-order valence-corrected chi connectivity index (χ4v) is 3.37. The lowest BCUT2D eigenvalue weighted by Crippen LogP contribution is -2.36. The average Bonchev–Trinajstić information content (AvgIpc) is 2.99. The number of halogens is 1. The standard InChI is InChI=1S/C20H18FN3O/c1-23-18-11-12-24(20(25)15-5-3-2-4-6-15)13-17(18)19(22-23)14-7-9-16(21)10-8-14/h2-10H,11-13H2,1H3. The van der Waals surface area contributed by atoms with Crippen molar-refractivity contribution in [2.45, 2.75) is 13.0 Å². The van der Waals surface area contributed by atoms with Gasteiger partial charge in [-0.15, -0.1) is 0 Å². The van der Waals surface area contributed by atoms with E-state index in [0.29, 0.717) is 18.7 Å². The summed E-state index contributed by atoms with van der Waals surface area (Å²) in [7, 11) is 1.92. The summed E-state index contributed by atoms with van der Waals surface area (Å²) in [6, 6.07) is 15.7. The van der Waals surface area contributed by atoms with Gasteiger partial charge in [0.2, 0.25) is 0 Å². The molecule has 0 N–H and O–H groups in total. The predicted molar refractivity (Wildman–Crippen MR) is 93.5 cm³/mol. The van der Waals surface area contributed by atoms with Crippen LogP contribution < -0.4 is 0 Å². The van der Waals surface area contributed by atoms with Gasteiger partial charge in [0.15, 0.2) is 0 Å². The summed E-state index contributed by atoms with van der Waals surface area (Å²) < 4.78 is 15.1. The summed E-state index contributed by atoms with van der Waals surface area (Å²) in [5, 5.41) is 4.61. The van der Waals surface area contributed by atoms with Crippen LogP contribution in [0.25, 0.3) is 11.3 Å². The maximum absolute atomic E-state index is 13.2. The molecule has 5 heteroatoms. The molecule has 0 spiro atoms. The van der Waals surface area contributed by atoms with Crippen molar-refractivity contribution in [1.82, 2.24) is 14.7 Å². The summed E-state index contributed by atoms with van der Waals surface area (Å²) in [6.07, 6.45) is 0.763. The van der Waals surface area contributed by atoms with Gasteiger partial charge in [0.25, 0.3) is 5.91 Å². The maximum atomic E-state index is 13.2. The molecule has 1 aliphatic rings. The molecular weight excluding hydrogens is 317 g/mol. The van der Waals surface area contributed by atoms with Crippen molar-refractivity contribution in [1.29, 1.82) is 0 Å². The van der Waals surface area contributed by atoms with Crippen LogP contribution in [-0.4, -0.2) is 27.1 Å². The van der Waals surface area contributed by atoms with Gasteiger partial charge in [0.1, 0.15) is 5.82 Å². The van der Waals surface area contributed by atoms with Gasteiger partial charge >= 0.3 is 0 Å².